The maximum atomic E-state index is 5.19. The number of benzene rings is 1. The third-order valence-electron chi connectivity index (χ3n) is 3.94. The van der Waals surface area contributed by atoms with Crippen molar-refractivity contribution in [3.05, 3.63) is 59.0 Å². The van der Waals surface area contributed by atoms with Crippen molar-refractivity contribution in [1.82, 2.24) is 24.6 Å². The van der Waals surface area contributed by atoms with Crippen molar-refractivity contribution in [3.63, 3.8) is 0 Å². The number of ether oxygens (including phenoxy) is 1. The van der Waals surface area contributed by atoms with Crippen LogP contribution < -0.4 is 5.32 Å². The number of rotatable bonds is 6. The first-order chi connectivity index (χ1) is 12.7. The quantitative estimate of drug-likeness (QED) is 0.564. The number of fused-ring (bicyclic) bond motifs is 1. The van der Waals surface area contributed by atoms with Gasteiger partial charge in [-0.2, -0.15) is 14.6 Å². The molecule has 8 heteroatoms. The molecule has 0 bridgehead atoms. The molecule has 0 aliphatic carbocycles. The molecule has 0 saturated carbocycles. The van der Waals surface area contributed by atoms with E-state index in [4.69, 9.17) is 9.72 Å². The first kappa shape index (κ1) is 16.6. The molecule has 7 nitrogen and oxygen atoms in total. The van der Waals surface area contributed by atoms with E-state index in [1.54, 1.807) is 23.0 Å². The van der Waals surface area contributed by atoms with Crippen LogP contribution in [0, 0.1) is 6.92 Å². The van der Waals surface area contributed by atoms with Gasteiger partial charge >= 0.3 is 0 Å². The van der Waals surface area contributed by atoms with Crippen LogP contribution in [-0.4, -0.2) is 31.7 Å². The first-order valence-corrected chi connectivity index (χ1v) is 9.00. The van der Waals surface area contributed by atoms with Crippen LogP contribution in [-0.2, 0) is 17.9 Å². The van der Waals surface area contributed by atoms with E-state index in [0.29, 0.717) is 18.9 Å². The highest BCUT2D eigenvalue weighted by molar-refractivity contribution is 7.15. The van der Waals surface area contributed by atoms with Crippen LogP contribution >= 0.6 is 11.3 Å². The Bertz CT molecular complexity index is 1030. The number of methoxy groups -OCH3 is 1. The molecule has 0 spiro atoms. The highest BCUT2D eigenvalue weighted by atomic mass is 32.1. The Morgan fingerprint density at radius 2 is 2.04 bits per heavy atom. The van der Waals surface area contributed by atoms with Crippen LogP contribution in [0.25, 0.3) is 16.3 Å². The van der Waals surface area contributed by atoms with Gasteiger partial charge in [0, 0.05) is 23.6 Å². The summed E-state index contributed by atoms with van der Waals surface area (Å²) < 4.78 is 6.88. The molecule has 0 saturated heterocycles. The zero-order valence-electron chi connectivity index (χ0n) is 14.5. The van der Waals surface area contributed by atoms with Gasteiger partial charge in [0.2, 0.25) is 0 Å². The summed E-state index contributed by atoms with van der Waals surface area (Å²) >= 11 is 1.69. The molecular weight excluding hydrogens is 348 g/mol. The summed E-state index contributed by atoms with van der Waals surface area (Å²) in [5, 5.41) is 8.69. The van der Waals surface area contributed by atoms with Crippen LogP contribution in [0.15, 0.2) is 42.7 Å². The van der Waals surface area contributed by atoms with Crippen molar-refractivity contribution in [2.75, 3.05) is 12.4 Å². The van der Waals surface area contributed by atoms with Crippen molar-refractivity contribution in [2.24, 2.45) is 0 Å². The fraction of sp³-hybridized carbons (Fsp3) is 0.222. The van der Waals surface area contributed by atoms with E-state index in [1.807, 2.05) is 31.2 Å². The van der Waals surface area contributed by atoms with Gasteiger partial charge in [-0.05, 0) is 6.92 Å². The lowest BCUT2D eigenvalue weighted by Gasteiger charge is -2.09. The fourth-order valence-electron chi connectivity index (χ4n) is 2.68. The van der Waals surface area contributed by atoms with Gasteiger partial charge in [0.25, 0.3) is 5.78 Å². The Kier molecular flexibility index (Phi) is 4.59. The number of hydrogen-bond acceptors (Lipinski definition) is 7. The van der Waals surface area contributed by atoms with E-state index >= 15 is 0 Å². The molecule has 0 atom stereocenters. The predicted molar refractivity (Wildman–Crippen MR) is 101 cm³/mol. The van der Waals surface area contributed by atoms with Crippen LogP contribution in [0.5, 0.6) is 0 Å². The smallest absolute Gasteiger partial charge is 0.254 e. The van der Waals surface area contributed by atoms with E-state index in [-0.39, 0.29) is 0 Å². The highest BCUT2D eigenvalue weighted by Gasteiger charge is 2.11. The number of nitrogens with zero attached hydrogens (tertiary/aromatic N) is 5. The molecule has 26 heavy (non-hydrogen) atoms. The molecule has 132 valence electrons. The summed E-state index contributed by atoms with van der Waals surface area (Å²) in [5.74, 6) is 1.38. The van der Waals surface area contributed by atoms with Gasteiger partial charge in [-0.3, -0.25) is 0 Å². The maximum Gasteiger partial charge on any atom is 0.254 e. The average molecular weight is 366 g/mol. The molecule has 0 aliphatic rings. The van der Waals surface area contributed by atoms with Gasteiger partial charge in [-0.25, -0.2) is 9.97 Å². The molecule has 0 radical (unpaired) electrons. The third-order valence-corrected chi connectivity index (χ3v) is 5.15. The van der Waals surface area contributed by atoms with Crippen molar-refractivity contribution in [2.45, 2.75) is 20.1 Å². The number of aryl methyl sites for hydroxylation is 1. The topological polar surface area (TPSA) is 77.2 Å². The zero-order chi connectivity index (χ0) is 17.9. The summed E-state index contributed by atoms with van der Waals surface area (Å²) in [6, 6.07) is 12.2. The zero-order valence-corrected chi connectivity index (χ0v) is 15.3. The SMILES string of the molecule is COCc1cc(NCc2sc(-c3ccccc3)nc2C)n2ncnc2n1. The number of anilines is 1. The van der Waals surface area contributed by atoms with E-state index < -0.39 is 0 Å². The summed E-state index contributed by atoms with van der Waals surface area (Å²) in [4.78, 5) is 14.5. The van der Waals surface area contributed by atoms with Crippen LogP contribution in [0.4, 0.5) is 5.82 Å². The van der Waals surface area contributed by atoms with E-state index in [0.717, 1.165) is 27.8 Å². The second-order valence-electron chi connectivity index (χ2n) is 5.78. The van der Waals surface area contributed by atoms with Crippen LogP contribution in [0.2, 0.25) is 0 Å². The molecule has 0 aliphatic heterocycles. The minimum absolute atomic E-state index is 0.426. The summed E-state index contributed by atoms with van der Waals surface area (Å²) in [6.45, 7) is 3.12. The molecule has 1 aromatic carbocycles. The van der Waals surface area contributed by atoms with E-state index in [9.17, 15) is 0 Å². The van der Waals surface area contributed by atoms with Gasteiger partial charge in [0.1, 0.15) is 17.2 Å². The summed E-state index contributed by atoms with van der Waals surface area (Å²) in [7, 11) is 1.65. The molecule has 0 unspecified atom stereocenters. The van der Waals surface area contributed by atoms with Gasteiger partial charge in [0.05, 0.1) is 24.5 Å². The lowest BCUT2D eigenvalue weighted by Crippen LogP contribution is -2.08. The fourth-order valence-corrected chi connectivity index (χ4v) is 3.68. The lowest BCUT2D eigenvalue weighted by molar-refractivity contribution is 0.181. The van der Waals surface area contributed by atoms with Crippen molar-refractivity contribution in [3.8, 4) is 10.6 Å². The molecule has 3 aromatic heterocycles. The minimum Gasteiger partial charge on any atom is -0.378 e. The molecule has 0 amide bonds. The van der Waals surface area contributed by atoms with Crippen LogP contribution in [0.3, 0.4) is 0 Å². The maximum absolute atomic E-state index is 5.19. The Morgan fingerprint density at radius 3 is 2.85 bits per heavy atom. The molecule has 4 aromatic rings. The molecule has 4 rings (SSSR count). The van der Waals surface area contributed by atoms with Crippen LogP contribution in [0.1, 0.15) is 16.3 Å². The van der Waals surface area contributed by atoms with E-state index in [1.165, 1.54) is 11.2 Å². The highest BCUT2D eigenvalue weighted by Crippen LogP contribution is 2.28. The average Bonchev–Trinajstić information content (AvgIpc) is 3.27. The third kappa shape index (κ3) is 3.29. The molecular formula is C18H18N6OS. The summed E-state index contributed by atoms with van der Waals surface area (Å²) in [5.41, 5.74) is 2.97. The molecule has 3 heterocycles. The Morgan fingerprint density at radius 1 is 1.19 bits per heavy atom. The van der Waals surface area contributed by atoms with Crippen molar-refractivity contribution < 1.29 is 4.74 Å². The van der Waals surface area contributed by atoms with Gasteiger partial charge in [-0.1, -0.05) is 30.3 Å². The van der Waals surface area contributed by atoms with Crippen molar-refractivity contribution >= 4 is 22.9 Å². The monoisotopic (exact) mass is 366 g/mol. The Balaban J connectivity index is 1.59. The van der Waals surface area contributed by atoms with Crippen molar-refractivity contribution in [1.29, 1.82) is 0 Å². The summed E-state index contributed by atoms with van der Waals surface area (Å²) in [6.07, 6.45) is 1.50. The Labute approximate surface area is 154 Å². The standard InChI is InChI=1S/C18H18N6OS/c1-12-15(26-17(22-12)13-6-4-3-5-7-13)9-19-16-8-14(10-25-2)23-18-20-11-21-24(16)18/h3-8,11,19H,9-10H2,1-2H3. The number of thiazole rings is 1. The van der Waals surface area contributed by atoms with Gasteiger partial charge < -0.3 is 10.1 Å². The predicted octanol–water partition coefficient (Wildman–Crippen LogP) is 3.31. The normalized spacial score (nSPS) is 11.2. The largest absolute Gasteiger partial charge is 0.378 e. The van der Waals surface area contributed by atoms with Gasteiger partial charge in [0.15, 0.2) is 0 Å². The second-order valence-corrected chi connectivity index (χ2v) is 6.87. The molecule has 0 fully saturated rings. The molecule has 1 N–H and O–H groups in total. The van der Waals surface area contributed by atoms with Gasteiger partial charge in [-0.15, -0.1) is 11.3 Å². The second kappa shape index (κ2) is 7.19. The number of aromatic nitrogens is 5. The Hall–Kier alpha value is -2.84. The minimum atomic E-state index is 0.426. The first-order valence-electron chi connectivity index (χ1n) is 8.19. The lowest BCUT2D eigenvalue weighted by atomic mass is 10.2. The number of nitrogens with one attached hydrogen (secondary N) is 1. The van der Waals surface area contributed by atoms with E-state index in [2.05, 4.69) is 32.5 Å². The number of hydrogen-bond donors (Lipinski definition) is 1.